The molecule has 0 spiro atoms. The van der Waals surface area contributed by atoms with E-state index in [1.165, 1.54) is 13.8 Å². The number of ketones is 2. The molecule has 0 saturated heterocycles. The van der Waals surface area contributed by atoms with Crippen molar-refractivity contribution in [1.82, 2.24) is 0 Å². The second-order valence-corrected chi connectivity index (χ2v) is 3.40. The lowest BCUT2D eigenvalue weighted by molar-refractivity contribution is -0.130. The summed E-state index contributed by atoms with van der Waals surface area (Å²) in [6.45, 7) is 2.95. The minimum absolute atomic E-state index is 0.0153. The maximum atomic E-state index is 10.9. The minimum atomic E-state index is -0.368. The lowest BCUT2D eigenvalue weighted by Gasteiger charge is -2.07. The second kappa shape index (κ2) is 5.47. The molecule has 0 N–H and O–H groups in total. The zero-order valence-electron chi connectivity index (χ0n) is 6.89. The highest BCUT2D eigenvalue weighted by molar-refractivity contribution is 9.09. The van der Waals surface area contributed by atoms with E-state index in [0.29, 0.717) is 6.42 Å². The van der Waals surface area contributed by atoms with E-state index in [1.54, 1.807) is 0 Å². The summed E-state index contributed by atoms with van der Waals surface area (Å²) in [7, 11) is 0. The molecule has 0 amide bonds. The molecule has 0 saturated carbocycles. The van der Waals surface area contributed by atoms with Crippen LogP contribution in [0, 0.1) is 5.92 Å². The maximum absolute atomic E-state index is 10.9. The van der Waals surface area contributed by atoms with Gasteiger partial charge < -0.3 is 0 Å². The summed E-state index contributed by atoms with van der Waals surface area (Å²) < 4.78 is 0. The lowest BCUT2D eigenvalue weighted by Crippen LogP contribution is -2.19. The molecule has 0 aliphatic heterocycles. The molecule has 0 aliphatic carbocycles. The number of hydrogen-bond acceptors (Lipinski definition) is 2. The van der Waals surface area contributed by atoms with Crippen molar-refractivity contribution in [3.63, 3.8) is 0 Å². The molecule has 0 fully saturated rings. The number of alkyl halides is 1. The van der Waals surface area contributed by atoms with E-state index >= 15 is 0 Å². The van der Waals surface area contributed by atoms with E-state index < -0.39 is 0 Å². The Balaban J connectivity index is 3.90. The van der Waals surface area contributed by atoms with E-state index in [0.717, 1.165) is 11.8 Å². The summed E-state index contributed by atoms with van der Waals surface area (Å²) in [6, 6.07) is 0. The molecule has 0 atom stereocenters. The Kier molecular flexibility index (Phi) is 5.38. The number of halogens is 1. The quantitative estimate of drug-likeness (QED) is 0.525. The van der Waals surface area contributed by atoms with E-state index in [-0.39, 0.29) is 17.5 Å². The Morgan fingerprint density at radius 3 is 2.00 bits per heavy atom. The molecule has 64 valence electrons. The molecule has 0 unspecified atom stereocenters. The van der Waals surface area contributed by atoms with Gasteiger partial charge in [0, 0.05) is 5.33 Å². The van der Waals surface area contributed by atoms with Crippen molar-refractivity contribution in [2.45, 2.75) is 26.7 Å². The number of carbonyl (C=O) groups excluding carboxylic acids is 2. The molecular weight excluding hydrogens is 208 g/mol. The molecule has 0 aromatic rings. The van der Waals surface area contributed by atoms with Gasteiger partial charge in [0.05, 0.1) is 5.92 Å². The van der Waals surface area contributed by atoms with Crippen LogP contribution in [0.4, 0.5) is 0 Å². The van der Waals surface area contributed by atoms with Crippen LogP contribution >= 0.6 is 15.9 Å². The van der Waals surface area contributed by atoms with E-state index in [9.17, 15) is 9.59 Å². The predicted molar refractivity (Wildman–Crippen MR) is 47.9 cm³/mol. The first-order valence-corrected chi connectivity index (χ1v) is 4.78. The first kappa shape index (κ1) is 10.8. The predicted octanol–water partition coefficient (Wildman–Crippen LogP) is 1.96. The Labute approximate surface area is 75.5 Å². The summed E-state index contributed by atoms with van der Waals surface area (Å²) in [6.07, 6.45) is 1.56. The normalized spacial score (nSPS) is 10.2. The first-order chi connectivity index (χ1) is 5.09. The van der Waals surface area contributed by atoms with Gasteiger partial charge in [-0.2, -0.15) is 0 Å². The highest BCUT2D eigenvalue weighted by Gasteiger charge is 2.17. The summed E-state index contributed by atoms with van der Waals surface area (Å²) >= 11 is 3.25. The molecule has 2 nitrogen and oxygen atoms in total. The summed E-state index contributed by atoms with van der Waals surface area (Å²) in [4.78, 5) is 21.7. The van der Waals surface area contributed by atoms with Crippen LogP contribution < -0.4 is 0 Å². The average molecular weight is 221 g/mol. The van der Waals surface area contributed by atoms with Gasteiger partial charge in [0.15, 0.2) is 0 Å². The van der Waals surface area contributed by atoms with Gasteiger partial charge in [-0.05, 0) is 26.7 Å². The van der Waals surface area contributed by atoms with Crippen molar-refractivity contribution in [3.05, 3.63) is 0 Å². The van der Waals surface area contributed by atoms with Crippen LogP contribution in [0.1, 0.15) is 26.7 Å². The van der Waals surface area contributed by atoms with Crippen molar-refractivity contribution in [2.24, 2.45) is 5.92 Å². The third kappa shape index (κ3) is 4.30. The van der Waals surface area contributed by atoms with Crippen molar-refractivity contribution < 1.29 is 9.59 Å². The van der Waals surface area contributed by atoms with Gasteiger partial charge in [-0.15, -0.1) is 0 Å². The average Bonchev–Trinajstić information content (AvgIpc) is 1.87. The Bertz CT molecular complexity index is 140. The van der Waals surface area contributed by atoms with Gasteiger partial charge >= 0.3 is 0 Å². The lowest BCUT2D eigenvalue weighted by atomic mass is 9.96. The van der Waals surface area contributed by atoms with Crippen LogP contribution in [-0.4, -0.2) is 16.9 Å². The monoisotopic (exact) mass is 220 g/mol. The summed E-state index contributed by atoms with van der Waals surface area (Å²) in [5.41, 5.74) is 0. The van der Waals surface area contributed by atoms with E-state index in [2.05, 4.69) is 15.9 Å². The third-order valence-electron chi connectivity index (χ3n) is 1.61. The van der Waals surface area contributed by atoms with Gasteiger partial charge in [-0.25, -0.2) is 0 Å². The summed E-state index contributed by atoms with van der Waals surface area (Å²) in [5, 5.41) is 0.851. The largest absolute Gasteiger partial charge is 0.299 e. The van der Waals surface area contributed by atoms with Gasteiger partial charge in [0.25, 0.3) is 0 Å². The highest BCUT2D eigenvalue weighted by atomic mass is 79.9. The Morgan fingerprint density at radius 2 is 1.73 bits per heavy atom. The first-order valence-electron chi connectivity index (χ1n) is 3.66. The molecule has 0 radical (unpaired) electrons. The Hall–Kier alpha value is -0.180. The summed E-state index contributed by atoms with van der Waals surface area (Å²) in [5.74, 6) is -0.399. The molecule has 0 rings (SSSR count). The van der Waals surface area contributed by atoms with Crippen LogP contribution in [-0.2, 0) is 9.59 Å². The van der Waals surface area contributed by atoms with E-state index in [4.69, 9.17) is 0 Å². The van der Waals surface area contributed by atoms with Crippen LogP contribution in [0.25, 0.3) is 0 Å². The van der Waals surface area contributed by atoms with E-state index in [1.807, 2.05) is 0 Å². The molecule has 0 aliphatic rings. The van der Waals surface area contributed by atoms with Crippen LogP contribution in [0.15, 0.2) is 0 Å². The Morgan fingerprint density at radius 1 is 1.27 bits per heavy atom. The zero-order valence-corrected chi connectivity index (χ0v) is 8.48. The fraction of sp³-hybridized carbons (Fsp3) is 0.750. The number of Topliss-reactive ketones (excluding diaryl/α,β-unsaturated/α-hetero) is 2. The molecule has 0 aromatic heterocycles. The van der Waals surface area contributed by atoms with Crippen LogP contribution in [0.3, 0.4) is 0 Å². The molecular formula is C8H13BrO2. The van der Waals surface area contributed by atoms with Gasteiger partial charge in [0.1, 0.15) is 11.6 Å². The van der Waals surface area contributed by atoms with Gasteiger partial charge in [-0.3, -0.25) is 9.59 Å². The van der Waals surface area contributed by atoms with Crippen molar-refractivity contribution in [2.75, 3.05) is 5.33 Å². The number of rotatable bonds is 5. The maximum Gasteiger partial charge on any atom is 0.140 e. The molecule has 11 heavy (non-hydrogen) atoms. The SMILES string of the molecule is CC(=O)C(CCCBr)C(C)=O. The second-order valence-electron chi connectivity index (χ2n) is 2.61. The molecule has 0 heterocycles. The van der Waals surface area contributed by atoms with Crippen molar-refractivity contribution in [3.8, 4) is 0 Å². The van der Waals surface area contributed by atoms with Crippen LogP contribution in [0.2, 0.25) is 0 Å². The standard InChI is InChI=1S/C8H13BrO2/c1-6(10)8(7(2)11)4-3-5-9/h8H,3-5H2,1-2H3. The topological polar surface area (TPSA) is 34.1 Å². The smallest absolute Gasteiger partial charge is 0.140 e. The fourth-order valence-corrected chi connectivity index (χ4v) is 1.30. The fourth-order valence-electron chi connectivity index (χ4n) is 0.974. The van der Waals surface area contributed by atoms with Gasteiger partial charge in [0.2, 0.25) is 0 Å². The minimum Gasteiger partial charge on any atom is -0.299 e. The molecule has 0 aromatic carbocycles. The number of carbonyl (C=O) groups is 2. The van der Waals surface area contributed by atoms with Crippen molar-refractivity contribution in [1.29, 1.82) is 0 Å². The number of hydrogen-bond donors (Lipinski definition) is 0. The zero-order chi connectivity index (χ0) is 8.85. The van der Waals surface area contributed by atoms with Crippen LogP contribution in [0.5, 0.6) is 0 Å². The van der Waals surface area contributed by atoms with Gasteiger partial charge in [-0.1, -0.05) is 15.9 Å². The molecule has 3 heteroatoms. The highest BCUT2D eigenvalue weighted by Crippen LogP contribution is 2.09. The third-order valence-corrected chi connectivity index (χ3v) is 2.17. The van der Waals surface area contributed by atoms with Crippen molar-refractivity contribution >= 4 is 27.5 Å². The molecule has 0 bridgehead atoms.